The summed E-state index contributed by atoms with van der Waals surface area (Å²) in [6, 6.07) is 0. The second-order valence-corrected chi connectivity index (χ2v) is 18.1. The molecule has 0 bridgehead atoms. The molecule has 1 aliphatic heterocycles. The monoisotopic (exact) mass is 766 g/mol. The van der Waals surface area contributed by atoms with Gasteiger partial charge in [-0.3, -0.25) is 0 Å². The molecule has 0 radical (unpaired) electrons. The predicted octanol–water partition coefficient (Wildman–Crippen LogP) is -8.54. The number of nitrogens with one attached hydrogen (secondary N) is 2. The van der Waals surface area contributed by atoms with Crippen molar-refractivity contribution in [1.29, 1.82) is 0 Å². The van der Waals surface area contributed by atoms with E-state index in [1.807, 2.05) is 4.90 Å². The Morgan fingerprint density at radius 1 is 1.23 bits per heavy atom. The van der Waals surface area contributed by atoms with Gasteiger partial charge in [-0.25, -0.2) is 0 Å². The Labute approximate surface area is 210 Å². The Morgan fingerprint density at radius 3 is 2.57 bits per heavy atom. The standard InChI is InChI=1S/C19H35I3N3O5/c1-4-5-6-9-20-14(11-16(27)24-30)18(28)23-17(22-13(2)3)19(29)25-10-7-8-15(25)21-12-26/h13-15,17,26,30H,4-12H2,1-3H3,(H,23,28)(H,24,27)/q-3. The van der Waals surface area contributed by atoms with Gasteiger partial charge >= 0.3 is 213 Å². The van der Waals surface area contributed by atoms with Gasteiger partial charge in [-0.2, -0.15) is 0 Å². The van der Waals surface area contributed by atoms with Gasteiger partial charge in [0.1, 0.15) is 0 Å². The van der Waals surface area contributed by atoms with Crippen molar-refractivity contribution in [2.75, 3.05) is 15.6 Å². The molecule has 180 valence electrons. The fraction of sp³-hybridized carbons (Fsp3) is 0.842. The summed E-state index contributed by atoms with van der Waals surface area (Å²) in [6.07, 6.45) is 5.08. The number of amides is 3. The number of unbranched alkanes of at least 4 members (excludes halogenated alkanes) is 2. The number of hydrogen-bond donors (Lipinski definition) is 4. The molecular weight excluding hydrogens is 731 g/mol. The molecule has 30 heavy (non-hydrogen) atoms. The van der Waals surface area contributed by atoms with Gasteiger partial charge in [0.15, 0.2) is 0 Å². The first-order valence-electron chi connectivity index (χ1n) is 10.3. The molecule has 1 fully saturated rings. The van der Waals surface area contributed by atoms with E-state index >= 15 is 0 Å². The average Bonchev–Trinajstić information content (AvgIpc) is 3.17. The number of carbonyl (C=O) groups is 3. The predicted molar refractivity (Wildman–Crippen MR) is 102 cm³/mol. The SMILES string of the molecule is CCCCC[I-]C(CC(=O)NO)C(=O)NC([I-]C(C)C)C(=O)N1CCCC1[I-]CO. The average molecular weight is 766 g/mol. The third kappa shape index (κ3) is 10.4. The van der Waals surface area contributed by atoms with Gasteiger partial charge in [-0.05, 0) is 0 Å². The van der Waals surface area contributed by atoms with Gasteiger partial charge in [0.25, 0.3) is 0 Å². The topological polar surface area (TPSA) is 119 Å². The van der Waals surface area contributed by atoms with E-state index in [0.717, 1.165) is 36.5 Å². The number of rotatable bonds is 14. The van der Waals surface area contributed by atoms with Crippen molar-refractivity contribution in [2.45, 2.75) is 75.2 Å². The van der Waals surface area contributed by atoms with Crippen LogP contribution in [0.1, 0.15) is 59.3 Å². The minimum absolute atomic E-state index is 0.0185. The van der Waals surface area contributed by atoms with E-state index in [1.54, 1.807) is 5.48 Å². The van der Waals surface area contributed by atoms with E-state index in [0.29, 0.717) is 10.5 Å². The quantitative estimate of drug-likeness (QED) is 0.0351. The zero-order valence-corrected chi connectivity index (χ0v) is 24.3. The maximum absolute atomic E-state index is 13.3. The van der Waals surface area contributed by atoms with Crippen LogP contribution in [0.15, 0.2) is 0 Å². The molecule has 8 nitrogen and oxygen atoms in total. The van der Waals surface area contributed by atoms with E-state index in [1.165, 1.54) is 0 Å². The van der Waals surface area contributed by atoms with Crippen molar-refractivity contribution in [2.24, 2.45) is 0 Å². The summed E-state index contributed by atoms with van der Waals surface area (Å²) in [6.45, 7) is 6.95. The summed E-state index contributed by atoms with van der Waals surface area (Å²) in [5, 5.41) is 21.2. The van der Waals surface area contributed by atoms with Crippen molar-refractivity contribution in [3.05, 3.63) is 0 Å². The number of likely N-dealkylation sites (tertiary alicyclic amines) is 1. The van der Waals surface area contributed by atoms with Crippen molar-refractivity contribution in [3.8, 4) is 0 Å². The number of aliphatic hydroxyl groups excluding tert-OH is 1. The van der Waals surface area contributed by atoms with E-state index < -0.39 is 77.5 Å². The van der Waals surface area contributed by atoms with Crippen molar-refractivity contribution >= 4 is 17.7 Å². The van der Waals surface area contributed by atoms with E-state index in [2.05, 4.69) is 26.1 Å². The summed E-state index contributed by atoms with van der Waals surface area (Å²) < 4.78 is 0.637. The van der Waals surface area contributed by atoms with Crippen LogP contribution in [0.3, 0.4) is 0 Å². The number of alkyl halides is 6. The van der Waals surface area contributed by atoms with Crippen LogP contribution in [0.25, 0.3) is 0 Å². The Hall–Kier alpha value is 0.520. The molecule has 11 heteroatoms. The van der Waals surface area contributed by atoms with Crippen LogP contribution in [0.2, 0.25) is 0 Å². The van der Waals surface area contributed by atoms with E-state index in [4.69, 9.17) is 5.21 Å². The molecule has 1 aliphatic rings. The molecule has 1 saturated heterocycles. The van der Waals surface area contributed by atoms with Crippen LogP contribution in [-0.4, -0.2) is 64.5 Å². The van der Waals surface area contributed by atoms with Crippen LogP contribution in [-0.2, 0) is 14.4 Å². The Morgan fingerprint density at radius 2 is 1.97 bits per heavy atom. The molecule has 0 aliphatic carbocycles. The summed E-state index contributed by atoms with van der Waals surface area (Å²) in [5.74, 6) is -0.802. The second kappa shape index (κ2) is 16.2. The molecule has 0 aromatic heterocycles. The Bertz CT molecular complexity index is 554. The Kier molecular flexibility index (Phi) is 15.4. The zero-order chi connectivity index (χ0) is 22.5. The van der Waals surface area contributed by atoms with E-state index in [-0.39, 0.29) is 26.9 Å². The Balaban J connectivity index is 2.86. The first-order valence-corrected chi connectivity index (χ1v) is 18.3. The van der Waals surface area contributed by atoms with E-state index in [9.17, 15) is 19.5 Å². The summed E-state index contributed by atoms with van der Waals surface area (Å²) >= 11 is -1.63. The second-order valence-electron chi connectivity index (χ2n) is 7.15. The van der Waals surface area contributed by atoms with Crippen LogP contribution in [0.5, 0.6) is 0 Å². The van der Waals surface area contributed by atoms with Crippen LogP contribution in [0, 0.1) is 0 Å². The summed E-state index contributed by atoms with van der Waals surface area (Å²) in [5.41, 5.74) is 1.64. The van der Waals surface area contributed by atoms with Crippen molar-refractivity contribution in [3.63, 3.8) is 0 Å². The molecule has 3 amide bonds. The van der Waals surface area contributed by atoms with Gasteiger partial charge in [0, 0.05) is 0 Å². The van der Waals surface area contributed by atoms with Crippen molar-refractivity contribution in [1.82, 2.24) is 15.7 Å². The van der Waals surface area contributed by atoms with Gasteiger partial charge in [0.2, 0.25) is 0 Å². The molecule has 0 aromatic rings. The molecule has 1 rings (SSSR count). The molecule has 1 heterocycles. The number of hydroxylamine groups is 1. The van der Waals surface area contributed by atoms with Crippen LogP contribution < -0.4 is 74.4 Å². The molecule has 3 atom stereocenters. The molecule has 4 N–H and O–H groups in total. The fourth-order valence-electron chi connectivity index (χ4n) is 2.95. The number of aliphatic hydroxyl groups is 1. The number of carbonyl (C=O) groups excluding carboxylic acids is 3. The normalized spacial score (nSPS) is 18.7. The minimum atomic E-state index is -0.603. The fourth-order valence-corrected chi connectivity index (χ4v) is 10.9. The molecule has 0 spiro atoms. The first-order chi connectivity index (χ1) is 14.3. The number of halogens is 3. The van der Waals surface area contributed by atoms with Gasteiger partial charge in [0.05, 0.1) is 0 Å². The van der Waals surface area contributed by atoms with Gasteiger partial charge in [-0.15, -0.1) is 0 Å². The third-order valence-electron chi connectivity index (χ3n) is 4.38. The van der Waals surface area contributed by atoms with Crippen LogP contribution in [0.4, 0.5) is 0 Å². The molecule has 3 unspecified atom stereocenters. The first kappa shape index (κ1) is 28.6. The molecular formula is C19H35I3N3O5-3. The maximum atomic E-state index is 13.3. The molecule has 0 aromatic carbocycles. The summed E-state index contributed by atoms with van der Waals surface area (Å²) in [4.78, 5) is 39.9. The third-order valence-corrected chi connectivity index (χ3v) is 13.5. The molecule has 0 saturated carbocycles. The van der Waals surface area contributed by atoms with Gasteiger partial charge < -0.3 is 0 Å². The summed E-state index contributed by atoms with van der Waals surface area (Å²) in [7, 11) is 0. The number of hydrogen-bond acceptors (Lipinski definition) is 5. The number of nitrogens with zero attached hydrogens (tertiary/aromatic N) is 1. The van der Waals surface area contributed by atoms with Crippen LogP contribution >= 0.6 is 0 Å². The van der Waals surface area contributed by atoms with Gasteiger partial charge in [-0.1, -0.05) is 0 Å². The zero-order valence-electron chi connectivity index (χ0n) is 17.9. The van der Waals surface area contributed by atoms with Crippen molar-refractivity contribution < 1.29 is 88.3 Å².